The van der Waals surface area contributed by atoms with Crippen LogP contribution in [-0.2, 0) is 6.54 Å². The number of thiazole rings is 1. The van der Waals surface area contributed by atoms with Gasteiger partial charge in [0.25, 0.3) is 5.91 Å². The predicted octanol–water partition coefficient (Wildman–Crippen LogP) is 2.10. The number of nitrogens with two attached hydrogens (primary N) is 1. The molecule has 6 heteroatoms. The van der Waals surface area contributed by atoms with Gasteiger partial charge in [-0.2, -0.15) is 0 Å². The second-order valence-electron chi connectivity index (χ2n) is 3.80. The Morgan fingerprint density at radius 3 is 2.94 bits per heavy atom. The van der Waals surface area contributed by atoms with Gasteiger partial charge in [0.1, 0.15) is 10.8 Å². The maximum absolute atomic E-state index is 13.5. The van der Waals surface area contributed by atoms with Crippen molar-refractivity contribution in [3.63, 3.8) is 0 Å². The van der Waals surface area contributed by atoms with Gasteiger partial charge in [0.05, 0.1) is 12.1 Å². The molecule has 3 N–H and O–H groups in total. The summed E-state index contributed by atoms with van der Waals surface area (Å²) in [6.45, 7) is 2.17. The highest BCUT2D eigenvalue weighted by Gasteiger charge is 2.11. The van der Waals surface area contributed by atoms with Crippen molar-refractivity contribution >= 4 is 22.9 Å². The normalized spacial score (nSPS) is 10.3. The standard InChI is InChI=1S/C12H12FN3OS/c1-7-6-18-11(16-7)5-15-12(17)9-3-2-8(14)4-10(9)13/h2-4,6H,5,14H2,1H3,(H,15,17). The molecular formula is C12H12FN3OS. The average molecular weight is 265 g/mol. The van der Waals surface area contributed by atoms with Gasteiger partial charge in [0.15, 0.2) is 0 Å². The van der Waals surface area contributed by atoms with Gasteiger partial charge < -0.3 is 11.1 Å². The number of carbonyl (C=O) groups is 1. The molecule has 0 aliphatic carbocycles. The topological polar surface area (TPSA) is 68.0 Å². The molecule has 0 atom stereocenters. The Labute approximate surface area is 108 Å². The molecule has 0 fully saturated rings. The number of halogens is 1. The Morgan fingerprint density at radius 2 is 2.33 bits per heavy atom. The number of anilines is 1. The van der Waals surface area contributed by atoms with Crippen LogP contribution in [0.3, 0.4) is 0 Å². The number of aromatic nitrogens is 1. The first-order chi connectivity index (χ1) is 8.56. The number of carbonyl (C=O) groups excluding carboxylic acids is 1. The van der Waals surface area contributed by atoms with Crippen LogP contribution in [0, 0.1) is 12.7 Å². The number of rotatable bonds is 3. The summed E-state index contributed by atoms with van der Waals surface area (Å²) >= 11 is 1.45. The van der Waals surface area contributed by atoms with Crippen LogP contribution in [-0.4, -0.2) is 10.9 Å². The van der Waals surface area contributed by atoms with E-state index in [4.69, 9.17) is 5.73 Å². The zero-order valence-electron chi connectivity index (χ0n) is 9.74. The molecular weight excluding hydrogens is 253 g/mol. The molecule has 0 unspecified atom stereocenters. The van der Waals surface area contributed by atoms with Gasteiger partial charge in [-0.1, -0.05) is 0 Å². The molecule has 4 nitrogen and oxygen atoms in total. The molecule has 94 valence electrons. The number of hydrogen-bond donors (Lipinski definition) is 2. The Kier molecular flexibility index (Phi) is 3.57. The monoisotopic (exact) mass is 265 g/mol. The molecule has 0 aliphatic heterocycles. The van der Waals surface area contributed by atoms with E-state index in [-0.39, 0.29) is 5.56 Å². The van der Waals surface area contributed by atoms with Gasteiger partial charge in [0.2, 0.25) is 0 Å². The SMILES string of the molecule is Cc1csc(CNC(=O)c2ccc(N)cc2F)n1. The van der Waals surface area contributed by atoms with Crippen molar-refractivity contribution < 1.29 is 9.18 Å². The number of nitrogens with one attached hydrogen (secondary N) is 1. The molecule has 2 aromatic rings. The Bertz CT molecular complexity index is 582. The highest BCUT2D eigenvalue weighted by atomic mass is 32.1. The second-order valence-corrected chi connectivity index (χ2v) is 4.75. The quantitative estimate of drug-likeness (QED) is 0.835. The maximum Gasteiger partial charge on any atom is 0.254 e. The van der Waals surface area contributed by atoms with Crippen LogP contribution in [0.15, 0.2) is 23.6 Å². The van der Waals surface area contributed by atoms with Crippen molar-refractivity contribution in [1.29, 1.82) is 0 Å². The molecule has 0 aliphatic rings. The van der Waals surface area contributed by atoms with Crippen LogP contribution in [0.1, 0.15) is 21.1 Å². The van der Waals surface area contributed by atoms with Gasteiger partial charge in [0, 0.05) is 16.8 Å². The zero-order valence-corrected chi connectivity index (χ0v) is 10.6. The third-order valence-electron chi connectivity index (χ3n) is 2.30. The molecule has 0 spiro atoms. The summed E-state index contributed by atoms with van der Waals surface area (Å²) in [7, 11) is 0. The van der Waals surface area contributed by atoms with Crippen LogP contribution >= 0.6 is 11.3 Å². The Morgan fingerprint density at radius 1 is 1.56 bits per heavy atom. The molecule has 2 rings (SSSR count). The minimum atomic E-state index is -0.622. The lowest BCUT2D eigenvalue weighted by molar-refractivity contribution is 0.0947. The number of aryl methyl sites for hydroxylation is 1. The fourth-order valence-electron chi connectivity index (χ4n) is 1.45. The lowest BCUT2D eigenvalue weighted by atomic mass is 10.2. The van der Waals surface area contributed by atoms with E-state index in [1.807, 2.05) is 12.3 Å². The van der Waals surface area contributed by atoms with Gasteiger partial charge in [-0.15, -0.1) is 11.3 Å². The summed E-state index contributed by atoms with van der Waals surface area (Å²) in [4.78, 5) is 15.9. The van der Waals surface area contributed by atoms with E-state index < -0.39 is 11.7 Å². The first-order valence-corrected chi connectivity index (χ1v) is 6.18. The van der Waals surface area contributed by atoms with E-state index in [0.717, 1.165) is 16.8 Å². The van der Waals surface area contributed by atoms with E-state index in [0.29, 0.717) is 12.2 Å². The van der Waals surface area contributed by atoms with Crippen molar-refractivity contribution in [1.82, 2.24) is 10.3 Å². The molecule has 0 radical (unpaired) electrons. The van der Waals surface area contributed by atoms with Gasteiger partial charge in [-0.25, -0.2) is 9.37 Å². The maximum atomic E-state index is 13.5. The lowest BCUT2D eigenvalue weighted by Gasteiger charge is -2.05. The van der Waals surface area contributed by atoms with Crippen LogP contribution < -0.4 is 11.1 Å². The van der Waals surface area contributed by atoms with Crippen LogP contribution in [0.25, 0.3) is 0 Å². The minimum Gasteiger partial charge on any atom is -0.399 e. The van der Waals surface area contributed by atoms with E-state index in [1.165, 1.54) is 23.5 Å². The summed E-state index contributed by atoms with van der Waals surface area (Å²) in [6, 6.07) is 3.99. The predicted molar refractivity (Wildman–Crippen MR) is 68.8 cm³/mol. The number of nitrogens with zero attached hydrogens (tertiary/aromatic N) is 1. The van der Waals surface area contributed by atoms with Gasteiger partial charge in [-0.3, -0.25) is 4.79 Å². The summed E-state index contributed by atoms with van der Waals surface area (Å²) in [5.41, 5.74) is 6.60. The molecule has 0 bridgehead atoms. The fraction of sp³-hybridized carbons (Fsp3) is 0.167. The average Bonchev–Trinajstić information content (AvgIpc) is 2.72. The first kappa shape index (κ1) is 12.5. The van der Waals surface area contributed by atoms with Crippen LogP contribution in [0.4, 0.5) is 10.1 Å². The van der Waals surface area contributed by atoms with Crippen molar-refractivity contribution in [2.75, 3.05) is 5.73 Å². The molecule has 1 aromatic heterocycles. The number of amides is 1. The highest BCUT2D eigenvalue weighted by Crippen LogP contribution is 2.12. The number of hydrogen-bond acceptors (Lipinski definition) is 4. The summed E-state index contributed by atoms with van der Waals surface area (Å²) in [5.74, 6) is -1.09. The zero-order chi connectivity index (χ0) is 13.1. The summed E-state index contributed by atoms with van der Waals surface area (Å²) < 4.78 is 13.5. The van der Waals surface area contributed by atoms with Crippen molar-refractivity contribution in [3.05, 3.63) is 45.7 Å². The van der Waals surface area contributed by atoms with E-state index in [9.17, 15) is 9.18 Å². The van der Waals surface area contributed by atoms with Crippen molar-refractivity contribution in [2.24, 2.45) is 0 Å². The van der Waals surface area contributed by atoms with E-state index >= 15 is 0 Å². The number of nitrogen functional groups attached to an aromatic ring is 1. The molecule has 18 heavy (non-hydrogen) atoms. The van der Waals surface area contributed by atoms with Gasteiger partial charge in [-0.05, 0) is 25.1 Å². The largest absolute Gasteiger partial charge is 0.399 e. The van der Waals surface area contributed by atoms with Crippen molar-refractivity contribution in [3.8, 4) is 0 Å². The molecule has 0 saturated carbocycles. The smallest absolute Gasteiger partial charge is 0.254 e. The number of benzene rings is 1. The van der Waals surface area contributed by atoms with Gasteiger partial charge >= 0.3 is 0 Å². The molecule has 1 heterocycles. The molecule has 0 saturated heterocycles. The third-order valence-corrected chi connectivity index (χ3v) is 3.27. The Balaban J connectivity index is 2.03. The van der Waals surface area contributed by atoms with Crippen LogP contribution in [0.2, 0.25) is 0 Å². The second kappa shape index (κ2) is 5.14. The minimum absolute atomic E-state index is 0.0162. The Hall–Kier alpha value is -1.95. The molecule has 1 aromatic carbocycles. The van der Waals surface area contributed by atoms with Crippen molar-refractivity contribution in [2.45, 2.75) is 13.5 Å². The lowest BCUT2D eigenvalue weighted by Crippen LogP contribution is -2.23. The van der Waals surface area contributed by atoms with E-state index in [1.54, 1.807) is 0 Å². The summed E-state index contributed by atoms with van der Waals surface area (Å²) in [6.07, 6.45) is 0. The van der Waals surface area contributed by atoms with Crippen LogP contribution in [0.5, 0.6) is 0 Å². The fourth-order valence-corrected chi connectivity index (χ4v) is 2.16. The summed E-state index contributed by atoms with van der Waals surface area (Å²) in [5, 5.41) is 5.30. The highest BCUT2D eigenvalue weighted by molar-refractivity contribution is 7.09. The first-order valence-electron chi connectivity index (χ1n) is 5.30. The van der Waals surface area contributed by atoms with E-state index in [2.05, 4.69) is 10.3 Å². The molecule has 1 amide bonds. The third kappa shape index (κ3) is 2.84.